The zero-order valence-corrected chi connectivity index (χ0v) is 36.2. The molecule has 4 rings (SSSR count). The third-order valence-corrected chi connectivity index (χ3v) is 9.17. The molecule has 0 amide bonds. The molecule has 4 aromatic carbocycles. The fourth-order valence-corrected chi connectivity index (χ4v) is 5.99. The van der Waals surface area contributed by atoms with Crippen LogP contribution in [-0.2, 0) is 23.8 Å². The Kier molecular flexibility index (Phi) is 21.4. The molecule has 0 atom stereocenters. The van der Waals surface area contributed by atoms with Crippen molar-refractivity contribution in [1.29, 1.82) is 0 Å². The first-order valence-electron chi connectivity index (χ1n) is 20.8. The molecule has 0 aliphatic heterocycles. The third kappa shape index (κ3) is 19.5. The molecule has 0 saturated carbocycles. The summed E-state index contributed by atoms with van der Waals surface area (Å²) in [5.74, 6) is -0.227. The van der Waals surface area contributed by atoms with E-state index in [0.29, 0.717) is 52.4 Å². The summed E-state index contributed by atoms with van der Waals surface area (Å²) in [6.07, 6.45) is 10.7. The minimum atomic E-state index is -0.442. The lowest BCUT2D eigenvalue weighted by Gasteiger charge is -2.09. The Hall–Kier alpha value is -6.36. The predicted molar refractivity (Wildman–Crippen MR) is 242 cm³/mol. The van der Waals surface area contributed by atoms with Gasteiger partial charge in [-0.1, -0.05) is 82.4 Å². The smallest absolute Gasteiger partial charge is 0.338 e. The summed E-state index contributed by atoms with van der Waals surface area (Å²) < 4.78 is 26.5. The lowest BCUT2D eigenvalue weighted by molar-refractivity contribution is -0.139. The van der Waals surface area contributed by atoms with Crippen LogP contribution in [0.3, 0.4) is 0 Å². The van der Waals surface area contributed by atoms with Crippen molar-refractivity contribution < 1.29 is 42.9 Å². The van der Waals surface area contributed by atoms with E-state index in [1.807, 2.05) is 56.3 Å². The lowest BCUT2D eigenvalue weighted by atomic mass is 10.1. The van der Waals surface area contributed by atoms with Gasteiger partial charge in [-0.25, -0.2) is 19.2 Å². The third-order valence-electron chi connectivity index (χ3n) is 9.17. The number of benzene rings is 4. The quantitative estimate of drug-likeness (QED) is 0.0182. The highest BCUT2D eigenvalue weighted by Crippen LogP contribution is 2.25. The molecule has 0 aliphatic carbocycles. The average Bonchev–Trinajstić information content (AvgIpc) is 3.22. The second kappa shape index (κ2) is 26.7. The van der Waals surface area contributed by atoms with Crippen LogP contribution < -0.4 is 20.9 Å². The summed E-state index contributed by atoms with van der Waals surface area (Å²) in [5.41, 5.74) is 18.2. The number of ether oxygens (including phenoxy) is 5. The maximum atomic E-state index is 12.1. The number of carbonyl (C=O) groups is 4. The number of nitrogen functional groups attached to an aromatic ring is 2. The van der Waals surface area contributed by atoms with Crippen LogP contribution in [0.1, 0.15) is 110 Å². The molecule has 0 bridgehead atoms. The van der Waals surface area contributed by atoms with Gasteiger partial charge in [-0.05, 0) is 123 Å². The first-order valence-corrected chi connectivity index (χ1v) is 20.8. The van der Waals surface area contributed by atoms with E-state index < -0.39 is 17.9 Å². The largest absolute Gasteiger partial charge is 0.494 e. The SMILES string of the molecule is C=C(C)C(=O)OCCCOC(=O)c1cc(C)cc(N)c1.C=C(C)C(=O)Oc1ccc(-c2ccc(OCCCCCCCCCCCOC(=O)c3cc(C)cc(N)c3)cc2)cc1. The van der Waals surface area contributed by atoms with Gasteiger partial charge in [0.15, 0.2) is 0 Å². The van der Waals surface area contributed by atoms with Gasteiger partial charge in [-0.15, -0.1) is 0 Å². The molecule has 4 aromatic rings. The van der Waals surface area contributed by atoms with Crippen LogP contribution in [0.2, 0.25) is 0 Å². The van der Waals surface area contributed by atoms with Gasteiger partial charge in [-0.3, -0.25) is 0 Å². The van der Waals surface area contributed by atoms with Crippen LogP contribution in [0.5, 0.6) is 11.5 Å². The normalized spacial score (nSPS) is 10.4. The van der Waals surface area contributed by atoms with Gasteiger partial charge in [0, 0.05) is 28.9 Å². The molecule has 0 radical (unpaired) electrons. The Morgan fingerprint density at radius 1 is 0.475 bits per heavy atom. The molecule has 326 valence electrons. The van der Waals surface area contributed by atoms with Crippen molar-refractivity contribution in [3.05, 3.63) is 131 Å². The lowest BCUT2D eigenvalue weighted by Crippen LogP contribution is -2.11. The molecule has 0 fully saturated rings. The van der Waals surface area contributed by atoms with Gasteiger partial charge in [0.25, 0.3) is 0 Å². The highest BCUT2D eigenvalue weighted by Gasteiger charge is 2.11. The second-order valence-corrected chi connectivity index (χ2v) is 15.1. The molecular weight excluding hydrogens is 773 g/mol. The molecule has 4 N–H and O–H groups in total. The minimum absolute atomic E-state index is 0.177. The van der Waals surface area contributed by atoms with Crippen molar-refractivity contribution >= 4 is 35.3 Å². The van der Waals surface area contributed by atoms with Crippen molar-refractivity contribution in [2.24, 2.45) is 0 Å². The Balaban J connectivity index is 0.000000415. The first kappa shape index (κ1) is 49.0. The zero-order valence-electron chi connectivity index (χ0n) is 36.2. The maximum Gasteiger partial charge on any atom is 0.338 e. The van der Waals surface area contributed by atoms with Crippen LogP contribution >= 0.6 is 0 Å². The minimum Gasteiger partial charge on any atom is -0.494 e. The molecular formula is C50H62N2O9. The van der Waals surface area contributed by atoms with Crippen molar-refractivity contribution in [1.82, 2.24) is 0 Å². The van der Waals surface area contributed by atoms with Crippen LogP contribution in [-0.4, -0.2) is 50.3 Å². The molecule has 0 aromatic heterocycles. The standard InChI is InChI=1S/C35H43NO5.C15H19NO4/c1-26(2)34(37)41-33-19-15-29(16-20-33)28-13-17-32(18-14-28)39-21-11-9-7-5-4-6-8-10-12-22-40-35(38)30-23-27(3)24-31(36)25-30;1-10(2)14(17)19-5-4-6-20-15(18)12-7-11(3)8-13(16)9-12/h13-20,23-25H,1,4-12,21-22,36H2,2-3H3;7-9H,1,4-6,16H2,2-3H3. The fourth-order valence-electron chi connectivity index (χ4n) is 5.99. The summed E-state index contributed by atoms with van der Waals surface area (Å²) >= 11 is 0. The monoisotopic (exact) mass is 834 g/mol. The highest BCUT2D eigenvalue weighted by molar-refractivity contribution is 5.91. The number of rotatable bonds is 23. The topological polar surface area (TPSA) is 166 Å². The molecule has 0 unspecified atom stereocenters. The second-order valence-electron chi connectivity index (χ2n) is 15.1. The molecule has 0 saturated heterocycles. The van der Waals surface area contributed by atoms with Gasteiger partial charge < -0.3 is 35.2 Å². The van der Waals surface area contributed by atoms with Crippen molar-refractivity contribution in [2.45, 2.75) is 91.9 Å². The Morgan fingerprint density at radius 3 is 1.31 bits per heavy atom. The number of esters is 4. The Labute approximate surface area is 361 Å². The summed E-state index contributed by atoms with van der Waals surface area (Å²) in [4.78, 5) is 46.6. The number of carbonyl (C=O) groups excluding carboxylic acids is 4. The summed E-state index contributed by atoms with van der Waals surface area (Å²) in [6, 6.07) is 25.8. The highest BCUT2D eigenvalue weighted by atomic mass is 16.5. The van der Waals surface area contributed by atoms with Crippen LogP contribution in [0.4, 0.5) is 11.4 Å². The number of anilines is 2. The predicted octanol–water partition coefficient (Wildman–Crippen LogP) is 10.7. The van der Waals surface area contributed by atoms with E-state index in [1.165, 1.54) is 38.5 Å². The van der Waals surface area contributed by atoms with Crippen molar-refractivity contribution in [2.75, 3.05) is 37.9 Å². The van der Waals surface area contributed by atoms with Gasteiger partial charge in [0.05, 0.1) is 37.6 Å². The summed E-state index contributed by atoms with van der Waals surface area (Å²) in [6.45, 7) is 15.6. The van der Waals surface area contributed by atoms with E-state index in [9.17, 15) is 19.2 Å². The number of aryl methyl sites for hydroxylation is 2. The van der Waals surface area contributed by atoms with E-state index >= 15 is 0 Å². The van der Waals surface area contributed by atoms with Crippen LogP contribution in [0, 0.1) is 13.8 Å². The van der Waals surface area contributed by atoms with Crippen molar-refractivity contribution in [3.8, 4) is 22.6 Å². The van der Waals surface area contributed by atoms with Gasteiger partial charge >= 0.3 is 23.9 Å². The fraction of sp³-hybridized carbons (Fsp3) is 0.360. The van der Waals surface area contributed by atoms with Gasteiger partial charge in [0.2, 0.25) is 0 Å². The zero-order chi connectivity index (χ0) is 44.6. The number of unbranched alkanes of at least 4 members (excludes halogenated alkanes) is 8. The van der Waals surface area contributed by atoms with Crippen LogP contribution in [0.15, 0.2) is 109 Å². The van der Waals surface area contributed by atoms with E-state index in [1.54, 1.807) is 56.3 Å². The molecule has 0 aliphatic rings. The molecule has 11 heteroatoms. The summed E-state index contributed by atoms with van der Waals surface area (Å²) in [7, 11) is 0. The first-order chi connectivity index (χ1) is 29.2. The van der Waals surface area contributed by atoms with Gasteiger partial charge in [0.1, 0.15) is 11.5 Å². The average molecular weight is 835 g/mol. The Morgan fingerprint density at radius 2 is 0.869 bits per heavy atom. The molecule has 61 heavy (non-hydrogen) atoms. The van der Waals surface area contributed by atoms with Gasteiger partial charge in [-0.2, -0.15) is 0 Å². The summed E-state index contributed by atoms with van der Waals surface area (Å²) in [5, 5.41) is 0. The van der Waals surface area contributed by atoms with E-state index in [0.717, 1.165) is 53.9 Å². The van der Waals surface area contributed by atoms with E-state index in [2.05, 4.69) is 13.2 Å². The van der Waals surface area contributed by atoms with E-state index in [-0.39, 0.29) is 19.2 Å². The van der Waals surface area contributed by atoms with E-state index in [4.69, 9.17) is 35.2 Å². The maximum absolute atomic E-state index is 12.1. The number of hydrogen-bond donors (Lipinski definition) is 2. The molecule has 0 heterocycles. The number of hydrogen-bond acceptors (Lipinski definition) is 11. The van der Waals surface area contributed by atoms with Crippen LogP contribution in [0.25, 0.3) is 11.1 Å². The molecule has 11 nitrogen and oxygen atoms in total. The molecule has 0 spiro atoms. The Bertz CT molecular complexity index is 2020. The number of nitrogens with two attached hydrogens (primary N) is 2. The van der Waals surface area contributed by atoms with Crippen molar-refractivity contribution in [3.63, 3.8) is 0 Å².